The lowest BCUT2D eigenvalue weighted by molar-refractivity contribution is 0.103. The minimum Gasteiger partial charge on any atom is -0.290 e. The quantitative estimate of drug-likeness (QED) is 0.741. The van der Waals surface area contributed by atoms with Crippen LogP contribution in [-0.4, -0.2) is 17.0 Å². The third-order valence-corrected chi connectivity index (χ3v) is 5.01. The van der Waals surface area contributed by atoms with Crippen molar-refractivity contribution in [3.8, 4) is 0 Å². The summed E-state index contributed by atoms with van der Waals surface area (Å²) in [6.45, 7) is 0. The number of carbonyl (C=O) groups excluding carboxylic acids is 1. The van der Waals surface area contributed by atoms with Crippen molar-refractivity contribution in [2.45, 2.75) is 4.90 Å². The summed E-state index contributed by atoms with van der Waals surface area (Å²) in [6.07, 6.45) is 0. The molecule has 0 saturated carbocycles. The topological polar surface area (TPSA) is 37.4 Å². The van der Waals surface area contributed by atoms with Crippen molar-refractivity contribution in [2.24, 2.45) is 0 Å². The molecule has 0 bridgehead atoms. The average Bonchev–Trinajstić information content (AvgIpc) is 2.51. The summed E-state index contributed by atoms with van der Waals surface area (Å²) in [5, 5.41) is 0. The zero-order valence-electron chi connectivity index (χ0n) is 10.1. The van der Waals surface area contributed by atoms with Gasteiger partial charge in [0.05, 0.1) is 10.6 Å². The fraction of sp³-hybridized carbons (Fsp3) is 0.0714. The SMILES string of the molecule is CN1c2ccccc2C(=O)c2ccc(Br)cc2S1=O. The highest BCUT2D eigenvalue weighted by atomic mass is 79.9. The summed E-state index contributed by atoms with van der Waals surface area (Å²) >= 11 is 3.35. The third-order valence-electron chi connectivity index (χ3n) is 3.11. The van der Waals surface area contributed by atoms with Crippen LogP contribution in [0.2, 0.25) is 0 Å². The Morgan fingerprint density at radius 2 is 1.84 bits per heavy atom. The highest BCUT2D eigenvalue weighted by Gasteiger charge is 2.28. The molecule has 1 atom stereocenters. The molecule has 0 aromatic heterocycles. The first kappa shape index (κ1) is 12.6. The number of fused-ring (bicyclic) bond motifs is 2. The van der Waals surface area contributed by atoms with Gasteiger partial charge < -0.3 is 0 Å². The van der Waals surface area contributed by atoms with Crippen LogP contribution in [0.25, 0.3) is 0 Å². The molecule has 0 spiro atoms. The van der Waals surface area contributed by atoms with Gasteiger partial charge in [-0.05, 0) is 30.3 Å². The van der Waals surface area contributed by atoms with Crippen LogP contribution >= 0.6 is 15.9 Å². The number of ketones is 1. The number of rotatable bonds is 0. The second-order valence-corrected chi connectivity index (χ2v) is 6.63. The van der Waals surface area contributed by atoms with E-state index >= 15 is 0 Å². The molecule has 19 heavy (non-hydrogen) atoms. The molecule has 1 heterocycles. The van der Waals surface area contributed by atoms with Gasteiger partial charge in [0.2, 0.25) is 0 Å². The molecule has 0 saturated heterocycles. The lowest BCUT2D eigenvalue weighted by atomic mass is 10.0. The van der Waals surface area contributed by atoms with Crippen LogP contribution in [0.4, 0.5) is 5.69 Å². The van der Waals surface area contributed by atoms with Gasteiger partial charge in [-0.25, -0.2) is 4.21 Å². The molecule has 1 unspecified atom stereocenters. The molecule has 0 radical (unpaired) electrons. The number of carbonyl (C=O) groups is 1. The number of para-hydroxylation sites is 1. The Labute approximate surface area is 122 Å². The molecular weight excluding hydrogens is 326 g/mol. The largest absolute Gasteiger partial charge is 0.290 e. The summed E-state index contributed by atoms with van der Waals surface area (Å²) in [5.41, 5.74) is 1.77. The lowest BCUT2D eigenvalue weighted by Crippen LogP contribution is -2.20. The Morgan fingerprint density at radius 3 is 2.63 bits per heavy atom. The van der Waals surface area contributed by atoms with Crippen molar-refractivity contribution in [3.63, 3.8) is 0 Å². The molecule has 0 amide bonds. The fourth-order valence-electron chi connectivity index (χ4n) is 2.15. The number of hydrogen-bond donors (Lipinski definition) is 0. The normalized spacial score (nSPS) is 17.7. The Kier molecular flexibility index (Phi) is 3.03. The molecule has 2 aromatic rings. The van der Waals surface area contributed by atoms with Crippen LogP contribution in [-0.2, 0) is 11.0 Å². The van der Waals surface area contributed by atoms with Crippen LogP contribution in [0.1, 0.15) is 15.9 Å². The van der Waals surface area contributed by atoms with E-state index in [2.05, 4.69) is 15.9 Å². The van der Waals surface area contributed by atoms with Crippen LogP contribution in [0.5, 0.6) is 0 Å². The Bertz CT molecular complexity index is 714. The molecule has 0 N–H and O–H groups in total. The number of anilines is 1. The van der Waals surface area contributed by atoms with E-state index < -0.39 is 11.0 Å². The van der Waals surface area contributed by atoms with Gasteiger partial charge in [0.1, 0.15) is 0 Å². The van der Waals surface area contributed by atoms with Crippen molar-refractivity contribution in [3.05, 3.63) is 58.1 Å². The first-order valence-corrected chi connectivity index (χ1v) is 7.58. The van der Waals surface area contributed by atoms with Gasteiger partial charge in [0, 0.05) is 22.6 Å². The van der Waals surface area contributed by atoms with E-state index in [4.69, 9.17) is 0 Å². The second kappa shape index (κ2) is 4.58. The Balaban J connectivity index is 2.34. The van der Waals surface area contributed by atoms with Gasteiger partial charge in [-0.2, -0.15) is 0 Å². The van der Waals surface area contributed by atoms with E-state index in [1.165, 1.54) is 0 Å². The van der Waals surface area contributed by atoms with Crippen LogP contribution in [0.15, 0.2) is 51.8 Å². The van der Waals surface area contributed by atoms with Gasteiger partial charge in [0.15, 0.2) is 16.8 Å². The summed E-state index contributed by atoms with van der Waals surface area (Å²) in [4.78, 5) is 13.1. The van der Waals surface area contributed by atoms with Crippen LogP contribution < -0.4 is 4.31 Å². The van der Waals surface area contributed by atoms with Crippen molar-refractivity contribution >= 4 is 38.4 Å². The van der Waals surface area contributed by atoms with E-state index in [0.717, 1.165) is 4.47 Å². The van der Waals surface area contributed by atoms with E-state index in [1.807, 2.05) is 18.2 Å². The zero-order chi connectivity index (χ0) is 13.6. The summed E-state index contributed by atoms with van der Waals surface area (Å²) in [5.74, 6) is -0.0872. The van der Waals surface area contributed by atoms with Crippen molar-refractivity contribution in [1.29, 1.82) is 0 Å². The van der Waals surface area contributed by atoms with Crippen molar-refractivity contribution in [2.75, 3.05) is 11.4 Å². The maximum absolute atomic E-state index is 12.6. The highest BCUT2D eigenvalue weighted by molar-refractivity contribution is 9.10. The molecule has 1 aliphatic rings. The minimum atomic E-state index is -1.39. The summed E-state index contributed by atoms with van der Waals surface area (Å²) in [6, 6.07) is 12.5. The number of nitrogens with zero attached hydrogens (tertiary/aromatic N) is 1. The van der Waals surface area contributed by atoms with Crippen molar-refractivity contribution < 1.29 is 9.00 Å². The van der Waals surface area contributed by atoms with Crippen molar-refractivity contribution in [1.82, 2.24) is 0 Å². The highest BCUT2D eigenvalue weighted by Crippen LogP contribution is 2.33. The van der Waals surface area contributed by atoms with Gasteiger partial charge >= 0.3 is 0 Å². The molecule has 0 aliphatic carbocycles. The molecule has 3 nitrogen and oxygen atoms in total. The minimum absolute atomic E-state index is 0.0872. The molecule has 0 fully saturated rings. The predicted molar refractivity (Wildman–Crippen MR) is 78.8 cm³/mol. The van der Waals surface area contributed by atoms with E-state index in [-0.39, 0.29) is 5.78 Å². The maximum atomic E-state index is 12.6. The number of hydrogen-bond acceptors (Lipinski definition) is 2. The van der Waals surface area contributed by atoms with Gasteiger partial charge in [-0.3, -0.25) is 9.10 Å². The fourth-order valence-corrected chi connectivity index (χ4v) is 3.87. The monoisotopic (exact) mass is 335 g/mol. The Morgan fingerprint density at radius 1 is 1.11 bits per heavy atom. The van der Waals surface area contributed by atoms with Crippen LogP contribution in [0.3, 0.4) is 0 Å². The second-order valence-electron chi connectivity index (χ2n) is 4.23. The molecule has 2 aromatic carbocycles. The van der Waals surface area contributed by atoms with E-state index in [9.17, 15) is 9.00 Å². The predicted octanol–water partition coefficient (Wildman–Crippen LogP) is 3.15. The molecule has 5 heteroatoms. The van der Waals surface area contributed by atoms with E-state index in [1.54, 1.807) is 35.6 Å². The summed E-state index contributed by atoms with van der Waals surface area (Å²) < 4.78 is 15.0. The standard InChI is InChI=1S/C14H10BrNO2S/c1-16-12-5-3-2-4-10(12)14(17)11-7-6-9(15)8-13(11)19(16)18/h2-8H,1H3. The zero-order valence-corrected chi connectivity index (χ0v) is 12.5. The maximum Gasteiger partial charge on any atom is 0.196 e. The van der Waals surface area contributed by atoms with Gasteiger partial charge in [0.25, 0.3) is 0 Å². The Hall–Kier alpha value is -1.46. The number of halogens is 1. The van der Waals surface area contributed by atoms with Gasteiger partial charge in [-0.15, -0.1) is 0 Å². The molecule has 3 rings (SSSR count). The smallest absolute Gasteiger partial charge is 0.196 e. The lowest BCUT2D eigenvalue weighted by Gasteiger charge is -2.17. The first-order valence-electron chi connectivity index (χ1n) is 5.68. The molecular formula is C14H10BrNO2S. The number of benzene rings is 2. The van der Waals surface area contributed by atoms with E-state index in [0.29, 0.717) is 21.7 Å². The average molecular weight is 336 g/mol. The first-order chi connectivity index (χ1) is 9.09. The molecule has 96 valence electrons. The van der Waals surface area contributed by atoms with Crippen LogP contribution in [0, 0.1) is 0 Å². The van der Waals surface area contributed by atoms with Gasteiger partial charge in [-0.1, -0.05) is 28.1 Å². The summed E-state index contributed by atoms with van der Waals surface area (Å²) in [7, 11) is 0.347. The third kappa shape index (κ3) is 1.93. The molecule has 1 aliphatic heterocycles.